The number of benzene rings is 3. The van der Waals surface area contributed by atoms with E-state index in [1.807, 2.05) is 13.0 Å². The first-order valence-electron chi connectivity index (χ1n) is 9.46. The minimum absolute atomic E-state index is 0.0639. The van der Waals surface area contributed by atoms with E-state index < -0.39 is 5.97 Å². The second-order valence-corrected chi connectivity index (χ2v) is 6.97. The van der Waals surface area contributed by atoms with Crippen molar-refractivity contribution in [1.29, 1.82) is 0 Å². The third-order valence-corrected chi connectivity index (χ3v) is 4.55. The van der Waals surface area contributed by atoms with Gasteiger partial charge in [0.15, 0.2) is 0 Å². The topological polar surface area (TPSA) is 75.6 Å². The van der Waals surface area contributed by atoms with Crippen LogP contribution < -0.4 is 10.1 Å². The Bertz CT molecular complexity index is 1060. The Morgan fingerprint density at radius 3 is 2.47 bits per heavy atom. The predicted molar refractivity (Wildman–Crippen MR) is 111 cm³/mol. The molecule has 3 aromatic carbocycles. The molecule has 0 atom stereocenters. The van der Waals surface area contributed by atoms with E-state index in [0.717, 1.165) is 11.1 Å². The molecule has 0 aromatic heterocycles. The van der Waals surface area contributed by atoms with Crippen molar-refractivity contribution in [2.75, 3.05) is 0 Å². The van der Waals surface area contributed by atoms with E-state index in [0.29, 0.717) is 22.4 Å². The van der Waals surface area contributed by atoms with Crippen LogP contribution in [0.1, 0.15) is 32.6 Å². The molecular weight excluding hydrogens is 385 g/mol. The summed E-state index contributed by atoms with van der Waals surface area (Å²) in [5.74, 6) is -0.972. The molecule has 0 spiro atoms. The summed E-state index contributed by atoms with van der Waals surface area (Å²) in [5, 5.41) is 11.8. The fraction of sp³-hybridized carbons (Fsp3) is 0.167. The number of hydrogen-bond acceptors (Lipinski definition) is 3. The normalized spacial score (nSPS) is 10.5. The number of halogens is 1. The van der Waals surface area contributed by atoms with Crippen LogP contribution >= 0.6 is 0 Å². The zero-order valence-corrected chi connectivity index (χ0v) is 16.5. The summed E-state index contributed by atoms with van der Waals surface area (Å²) in [5.41, 5.74) is 3.47. The molecule has 0 aliphatic heterocycles. The number of carboxylic acids is 1. The third kappa shape index (κ3) is 5.91. The molecular formula is C24H22FNO4. The molecule has 0 bridgehead atoms. The van der Waals surface area contributed by atoms with Crippen molar-refractivity contribution in [3.8, 4) is 5.75 Å². The Morgan fingerprint density at radius 2 is 1.70 bits per heavy atom. The highest BCUT2D eigenvalue weighted by Gasteiger charge is 2.11. The Kier molecular flexibility index (Phi) is 6.80. The van der Waals surface area contributed by atoms with Gasteiger partial charge in [0.2, 0.25) is 0 Å². The molecule has 0 radical (unpaired) electrons. The molecule has 2 N–H and O–H groups in total. The summed E-state index contributed by atoms with van der Waals surface area (Å²) < 4.78 is 19.0. The number of carbonyl (C=O) groups is 2. The Balaban J connectivity index is 1.64. The van der Waals surface area contributed by atoms with Crippen LogP contribution in [0.3, 0.4) is 0 Å². The standard InChI is InChI=1S/C24H22FNO4/c1-16-8-9-21(30-15-19-6-3-7-20(25)11-19)13-22(16)24(29)26-14-18-5-2-4-17(10-18)12-23(27)28/h2-11,13H,12,14-15H2,1H3,(H,26,29)(H,27,28). The molecule has 0 heterocycles. The zero-order valence-electron chi connectivity index (χ0n) is 16.5. The highest BCUT2D eigenvalue weighted by atomic mass is 19.1. The Hall–Kier alpha value is -3.67. The summed E-state index contributed by atoms with van der Waals surface area (Å²) in [4.78, 5) is 23.5. The van der Waals surface area contributed by atoms with Crippen LogP contribution in [0.25, 0.3) is 0 Å². The van der Waals surface area contributed by atoms with Gasteiger partial charge in [0.1, 0.15) is 18.2 Å². The molecule has 0 aliphatic carbocycles. The number of amides is 1. The van der Waals surface area contributed by atoms with Crippen molar-refractivity contribution in [1.82, 2.24) is 5.32 Å². The molecule has 0 fully saturated rings. The van der Waals surface area contributed by atoms with Gasteiger partial charge in [-0.3, -0.25) is 9.59 Å². The van der Waals surface area contributed by atoms with Crippen LogP contribution in [0, 0.1) is 12.7 Å². The summed E-state index contributed by atoms with van der Waals surface area (Å²) in [6, 6.07) is 18.5. The molecule has 0 saturated carbocycles. The van der Waals surface area contributed by atoms with Crippen LogP contribution in [0.2, 0.25) is 0 Å². The Labute approximate surface area is 174 Å². The lowest BCUT2D eigenvalue weighted by Crippen LogP contribution is -2.23. The number of nitrogens with one attached hydrogen (secondary N) is 1. The number of aliphatic carboxylic acids is 1. The highest BCUT2D eigenvalue weighted by Crippen LogP contribution is 2.19. The summed E-state index contributed by atoms with van der Waals surface area (Å²) in [7, 11) is 0. The van der Waals surface area contributed by atoms with Gasteiger partial charge in [0.25, 0.3) is 5.91 Å². The van der Waals surface area contributed by atoms with Gasteiger partial charge in [-0.1, -0.05) is 42.5 Å². The predicted octanol–water partition coefficient (Wildman–Crippen LogP) is 4.27. The summed E-state index contributed by atoms with van der Waals surface area (Å²) in [6.45, 7) is 2.30. The summed E-state index contributed by atoms with van der Waals surface area (Å²) >= 11 is 0. The number of aryl methyl sites for hydroxylation is 1. The number of ether oxygens (including phenoxy) is 1. The minimum atomic E-state index is -0.901. The molecule has 1 amide bonds. The molecule has 6 heteroatoms. The highest BCUT2D eigenvalue weighted by molar-refractivity contribution is 5.96. The molecule has 3 aromatic rings. The lowest BCUT2D eigenvalue weighted by atomic mass is 10.1. The molecule has 154 valence electrons. The average Bonchev–Trinajstić information content (AvgIpc) is 2.71. The van der Waals surface area contributed by atoms with Crippen LogP contribution in [0.4, 0.5) is 4.39 Å². The van der Waals surface area contributed by atoms with E-state index in [2.05, 4.69) is 5.32 Å². The lowest BCUT2D eigenvalue weighted by molar-refractivity contribution is -0.136. The van der Waals surface area contributed by atoms with Crippen LogP contribution in [0.5, 0.6) is 5.75 Å². The lowest BCUT2D eigenvalue weighted by Gasteiger charge is -2.12. The van der Waals surface area contributed by atoms with Crippen molar-refractivity contribution in [2.24, 2.45) is 0 Å². The Morgan fingerprint density at radius 1 is 0.967 bits per heavy atom. The van der Waals surface area contributed by atoms with E-state index in [1.165, 1.54) is 12.1 Å². The first kappa shape index (κ1) is 21.0. The molecule has 5 nitrogen and oxygen atoms in total. The van der Waals surface area contributed by atoms with Gasteiger partial charge >= 0.3 is 5.97 Å². The fourth-order valence-corrected chi connectivity index (χ4v) is 3.03. The van der Waals surface area contributed by atoms with Gasteiger partial charge < -0.3 is 15.2 Å². The van der Waals surface area contributed by atoms with Crippen molar-refractivity contribution in [3.05, 3.63) is 100 Å². The number of carbonyl (C=O) groups excluding carboxylic acids is 1. The quantitative estimate of drug-likeness (QED) is 0.585. The van der Waals surface area contributed by atoms with Crippen molar-refractivity contribution in [3.63, 3.8) is 0 Å². The van der Waals surface area contributed by atoms with Gasteiger partial charge in [-0.05, 0) is 53.4 Å². The SMILES string of the molecule is Cc1ccc(OCc2cccc(F)c2)cc1C(=O)NCc1cccc(CC(=O)O)c1. The first-order valence-corrected chi connectivity index (χ1v) is 9.46. The number of hydrogen-bond donors (Lipinski definition) is 2. The van der Waals surface area contributed by atoms with Crippen molar-refractivity contribution < 1.29 is 23.8 Å². The summed E-state index contributed by atoms with van der Waals surface area (Å²) in [6.07, 6.45) is -0.0639. The second-order valence-electron chi connectivity index (χ2n) is 6.97. The van der Waals surface area contributed by atoms with Crippen LogP contribution in [0.15, 0.2) is 66.7 Å². The van der Waals surface area contributed by atoms with Crippen molar-refractivity contribution >= 4 is 11.9 Å². The first-order chi connectivity index (χ1) is 14.4. The van der Waals surface area contributed by atoms with E-state index in [-0.39, 0.29) is 31.3 Å². The molecule has 0 unspecified atom stereocenters. The molecule has 0 saturated heterocycles. The van der Waals surface area contributed by atoms with Gasteiger partial charge in [-0.15, -0.1) is 0 Å². The van der Waals surface area contributed by atoms with E-state index in [4.69, 9.17) is 9.84 Å². The van der Waals surface area contributed by atoms with Gasteiger partial charge in [-0.25, -0.2) is 4.39 Å². The second kappa shape index (κ2) is 9.69. The number of rotatable bonds is 8. The van der Waals surface area contributed by atoms with Gasteiger partial charge in [0.05, 0.1) is 6.42 Å². The maximum Gasteiger partial charge on any atom is 0.307 e. The maximum absolute atomic E-state index is 13.3. The van der Waals surface area contributed by atoms with Gasteiger partial charge in [0, 0.05) is 12.1 Å². The van der Waals surface area contributed by atoms with E-state index in [1.54, 1.807) is 48.5 Å². The van der Waals surface area contributed by atoms with E-state index >= 15 is 0 Å². The third-order valence-electron chi connectivity index (χ3n) is 4.55. The van der Waals surface area contributed by atoms with E-state index in [9.17, 15) is 14.0 Å². The molecule has 30 heavy (non-hydrogen) atoms. The van der Waals surface area contributed by atoms with Crippen LogP contribution in [-0.4, -0.2) is 17.0 Å². The number of carboxylic acid groups (broad SMARTS) is 1. The van der Waals surface area contributed by atoms with Crippen molar-refractivity contribution in [2.45, 2.75) is 26.5 Å². The fourth-order valence-electron chi connectivity index (χ4n) is 3.03. The zero-order chi connectivity index (χ0) is 21.5. The largest absolute Gasteiger partial charge is 0.489 e. The smallest absolute Gasteiger partial charge is 0.307 e. The van der Waals surface area contributed by atoms with Crippen LogP contribution in [-0.2, 0) is 24.4 Å². The molecule has 0 aliphatic rings. The maximum atomic E-state index is 13.3. The average molecular weight is 407 g/mol. The minimum Gasteiger partial charge on any atom is -0.489 e. The monoisotopic (exact) mass is 407 g/mol. The van der Waals surface area contributed by atoms with Gasteiger partial charge in [-0.2, -0.15) is 0 Å². The molecule has 3 rings (SSSR count).